The maximum atomic E-state index is 11.8. The summed E-state index contributed by atoms with van der Waals surface area (Å²) in [6.45, 7) is 1.95. The topological polar surface area (TPSA) is 72.2 Å². The summed E-state index contributed by atoms with van der Waals surface area (Å²) in [4.78, 5) is 20.4. The standard InChI is InChI=1S/C16H15N5O/c1-10-9-12(7-8-17-10)13-3-2-4-14-18-16(20-21(13)14)19-15(22)11-5-6-11/h2-4,7-9,11H,5-6H2,1H3,(H,19,20,22). The largest absolute Gasteiger partial charge is 0.293 e. The zero-order valence-electron chi connectivity index (χ0n) is 12.2. The Kier molecular flexibility index (Phi) is 2.89. The second-order valence-corrected chi connectivity index (χ2v) is 5.57. The van der Waals surface area contributed by atoms with Gasteiger partial charge in [0, 0.05) is 23.4 Å². The fourth-order valence-electron chi connectivity index (χ4n) is 2.44. The molecule has 3 aromatic heterocycles. The number of pyridine rings is 2. The number of carbonyl (C=O) groups is 1. The number of aromatic nitrogens is 4. The number of hydrogen-bond donors (Lipinski definition) is 1. The average Bonchev–Trinajstić information content (AvgIpc) is 3.27. The van der Waals surface area contributed by atoms with Crippen molar-refractivity contribution < 1.29 is 4.79 Å². The highest BCUT2D eigenvalue weighted by Crippen LogP contribution is 2.30. The molecule has 4 rings (SSSR count). The van der Waals surface area contributed by atoms with Crippen LogP contribution in [0.3, 0.4) is 0 Å². The maximum Gasteiger partial charge on any atom is 0.249 e. The van der Waals surface area contributed by atoms with Gasteiger partial charge < -0.3 is 0 Å². The van der Waals surface area contributed by atoms with E-state index in [4.69, 9.17) is 0 Å². The van der Waals surface area contributed by atoms with Gasteiger partial charge in [0.25, 0.3) is 0 Å². The number of amides is 1. The summed E-state index contributed by atoms with van der Waals surface area (Å²) in [6.07, 6.45) is 3.69. The molecule has 1 aliphatic carbocycles. The van der Waals surface area contributed by atoms with Crippen LogP contribution in [-0.4, -0.2) is 25.5 Å². The number of nitrogens with one attached hydrogen (secondary N) is 1. The van der Waals surface area contributed by atoms with Crippen LogP contribution in [0.15, 0.2) is 36.5 Å². The molecule has 1 saturated carbocycles. The van der Waals surface area contributed by atoms with E-state index in [-0.39, 0.29) is 11.8 Å². The number of fused-ring (bicyclic) bond motifs is 1. The number of hydrogen-bond acceptors (Lipinski definition) is 4. The van der Waals surface area contributed by atoms with Crippen molar-refractivity contribution in [3.8, 4) is 11.3 Å². The summed E-state index contributed by atoms with van der Waals surface area (Å²) in [6, 6.07) is 9.71. The van der Waals surface area contributed by atoms with Crippen LogP contribution in [0.2, 0.25) is 0 Å². The fourth-order valence-corrected chi connectivity index (χ4v) is 2.44. The zero-order chi connectivity index (χ0) is 15.1. The van der Waals surface area contributed by atoms with Crippen LogP contribution in [0.1, 0.15) is 18.5 Å². The van der Waals surface area contributed by atoms with Crippen molar-refractivity contribution in [3.05, 3.63) is 42.2 Å². The quantitative estimate of drug-likeness (QED) is 0.805. The second-order valence-electron chi connectivity index (χ2n) is 5.57. The lowest BCUT2D eigenvalue weighted by atomic mass is 10.1. The highest BCUT2D eigenvalue weighted by Gasteiger charge is 2.30. The minimum absolute atomic E-state index is 0.0113. The summed E-state index contributed by atoms with van der Waals surface area (Å²) in [5, 5.41) is 7.21. The van der Waals surface area contributed by atoms with Crippen molar-refractivity contribution in [1.82, 2.24) is 19.6 Å². The number of aryl methyl sites for hydroxylation is 1. The van der Waals surface area contributed by atoms with Crippen molar-refractivity contribution in [3.63, 3.8) is 0 Å². The van der Waals surface area contributed by atoms with Gasteiger partial charge in [-0.1, -0.05) is 6.07 Å². The monoisotopic (exact) mass is 293 g/mol. The van der Waals surface area contributed by atoms with Gasteiger partial charge in [0.15, 0.2) is 5.65 Å². The Morgan fingerprint density at radius 3 is 2.95 bits per heavy atom. The molecule has 0 unspecified atom stereocenters. The molecule has 0 bridgehead atoms. The third-order valence-corrected chi connectivity index (χ3v) is 3.74. The lowest BCUT2D eigenvalue weighted by Crippen LogP contribution is -2.14. The molecular weight excluding hydrogens is 278 g/mol. The SMILES string of the molecule is Cc1cc(-c2cccc3nc(NC(=O)C4CC4)nn23)ccn1. The Morgan fingerprint density at radius 2 is 2.18 bits per heavy atom. The Hall–Kier alpha value is -2.76. The lowest BCUT2D eigenvalue weighted by Gasteiger charge is -2.04. The van der Waals surface area contributed by atoms with Crippen LogP contribution in [0.4, 0.5) is 5.95 Å². The van der Waals surface area contributed by atoms with Crippen LogP contribution in [0, 0.1) is 12.8 Å². The van der Waals surface area contributed by atoms with Gasteiger partial charge in [-0.05, 0) is 44.0 Å². The minimum Gasteiger partial charge on any atom is -0.293 e. The van der Waals surface area contributed by atoms with E-state index < -0.39 is 0 Å². The van der Waals surface area contributed by atoms with Crippen molar-refractivity contribution in [2.75, 3.05) is 5.32 Å². The molecule has 0 aliphatic heterocycles. The van der Waals surface area contributed by atoms with Gasteiger partial charge in [-0.2, -0.15) is 4.98 Å². The van der Waals surface area contributed by atoms with Gasteiger partial charge in [0.2, 0.25) is 11.9 Å². The molecule has 110 valence electrons. The van der Waals surface area contributed by atoms with Gasteiger partial charge in [-0.15, -0.1) is 5.10 Å². The van der Waals surface area contributed by atoms with Gasteiger partial charge >= 0.3 is 0 Å². The van der Waals surface area contributed by atoms with E-state index in [1.54, 1.807) is 10.7 Å². The summed E-state index contributed by atoms with van der Waals surface area (Å²) in [5.74, 6) is 0.501. The molecule has 0 radical (unpaired) electrons. The molecule has 3 heterocycles. The van der Waals surface area contributed by atoms with E-state index in [9.17, 15) is 4.79 Å². The molecule has 0 saturated heterocycles. The first-order valence-corrected chi connectivity index (χ1v) is 7.30. The number of anilines is 1. The Bertz CT molecular complexity index is 866. The summed E-state index contributed by atoms with van der Waals surface area (Å²) < 4.78 is 1.75. The molecular formula is C16H15N5O. The molecule has 0 spiro atoms. The van der Waals surface area contributed by atoms with E-state index >= 15 is 0 Å². The Balaban J connectivity index is 1.76. The predicted molar refractivity (Wildman–Crippen MR) is 82.3 cm³/mol. The van der Waals surface area contributed by atoms with Crippen molar-refractivity contribution in [1.29, 1.82) is 0 Å². The molecule has 6 nitrogen and oxygen atoms in total. The van der Waals surface area contributed by atoms with E-state index in [1.807, 2.05) is 37.3 Å². The fraction of sp³-hybridized carbons (Fsp3) is 0.250. The van der Waals surface area contributed by atoms with Crippen LogP contribution >= 0.6 is 0 Å². The summed E-state index contributed by atoms with van der Waals surface area (Å²) >= 11 is 0. The molecule has 1 aliphatic rings. The van der Waals surface area contributed by atoms with E-state index in [2.05, 4.69) is 20.4 Å². The third kappa shape index (κ3) is 2.32. The first kappa shape index (κ1) is 12.9. The van der Waals surface area contributed by atoms with E-state index in [1.165, 1.54) is 0 Å². The molecule has 0 atom stereocenters. The third-order valence-electron chi connectivity index (χ3n) is 3.74. The predicted octanol–water partition coefficient (Wildman–Crippen LogP) is 2.45. The van der Waals surface area contributed by atoms with E-state index in [0.29, 0.717) is 11.6 Å². The molecule has 1 N–H and O–H groups in total. The number of nitrogens with zero attached hydrogens (tertiary/aromatic N) is 4. The molecule has 0 aromatic carbocycles. The Morgan fingerprint density at radius 1 is 1.32 bits per heavy atom. The van der Waals surface area contributed by atoms with Crippen molar-refractivity contribution in [2.24, 2.45) is 5.92 Å². The zero-order valence-corrected chi connectivity index (χ0v) is 12.2. The van der Waals surface area contributed by atoms with Crippen LogP contribution in [0.5, 0.6) is 0 Å². The summed E-state index contributed by atoms with van der Waals surface area (Å²) in [7, 11) is 0. The van der Waals surface area contributed by atoms with Crippen LogP contribution in [-0.2, 0) is 4.79 Å². The van der Waals surface area contributed by atoms with E-state index in [0.717, 1.165) is 29.8 Å². The average molecular weight is 293 g/mol. The molecule has 1 fully saturated rings. The maximum absolute atomic E-state index is 11.8. The van der Waals surface area contributed by atoms with Gasteiger partial charge in [-0.3, -0.25) is 15.1 Å². The van der Waals surface area contributed by atoms with Gasteiger partial charge in [-0.25, -0.2) is 4.52 Å². The molecule has 1 amide bonds. The Labute approximate surface area is 127 Å². The minimum atomic E-state index is 0.0113. The first-order chi connectivity index (χ1) is 10.7. The molecule has 22 heavy (non-hydrogen) atoms. The van der Waals surface area contributed by atoms with Gasteiger partial charge in [0.05, 0.1) is 5.69 Å². The number of carbonyl (C=O) groups excluding carboxylic acids is 1. The molecule has 3 aromatic rings. The van der Waals surface area contributed by atoms with Gasteiger partial charge in [0.1, 0.15) is 0 Å². The smallest absolute Gasteiger partial charge is 0.249 e. The van der Waals surface area contributed by atoms with Crippen molar-refractivity contribution in [2.45, 2.75) is 19.8 Å². The highest BCUT2D eigenvalue weighted by atomic mass is 16.2. The molecule has 6 heteroatoms. The second kappa shape index (κ2) is 4.91. The van der Waals surface area contributed by atoms with Crippen molar-refractivity contribution >= 4 is 17.5 Å². The normalized spacial score (nSPS) is 14.2. The summed E-state index contributed by atoms with van der Waals surface area (Å²) in [5.41, 5.74) is 3.58. The van der Waals surface area contributed by atoms with Crippen LogP contribution < -0.4 is 5.32 Å². The van der Waals surface area contributed by atoms with Crippen LogP contribution in [0.25, 0.3) is 16.9 Å². The first-order valence-electron chi connectivity index (χ1n) is 7.30. The number of rotatable bonds is 3. The highest BCUT2D eigenvalue weighted by molar-refractivity contribution is 5.92. The lowest BCUT2D eigenvalue weighted by molar-refractivity contribution is -0.117.